The van der Waals surface area contributed by atoms with Crippen molar-refractivity contribution < 1.29 is 8.78 Å². The van der Waals surface area contributed by atoms with Crippen molar-refractivity contribution in [1.82, 2.24) is 9.78 Å². The van der Waals surface area contributed by atoms with Gasteiger partial charge in [0.1, 0.15) is 11.5 Å². The van der Waals surface area contributed by atoms with E-state index in [1.807, 2.05) is 6.92 Å². The summed E-state index contributed by atoms with van der Waals surface area (Å²) < 4.78 is 28.0. The molecule has 0 radical (unpaired) electrons. The lowest BCUT2D eigenvalue weighted by Crippen LogP contribution is -2.04. The van der Waals surface area contributed by atoms with Gasteiger partial charge in [0.2, 0.25) is 0 Å². The number of rotatable bonds is 4. The zero-order valence-electron chi connectivity index (χ0n) is 10.2. The highest BCUT2D eigenvalue weighted by Gasteiger charge is 2.11. The highest BCUT2D eigenvalue weighted by Crippen LogP contribution is 2.18. The van der Waals surface area contributed by atoms with Crippen LogP contribution in [0.4, 0.5) is 8.78 Å². The Hall–Kier alpha value is -1.75. The lowest BCUT2D eigenvalue weighted by molar-refractivity contribution is 0.572. The summed E-state index contributed by atoms with van der Waals surface area (Å²) in [6.07, 6.45) is 3.37. The van der Waals surface area contributed by atoms with Gasteiger partial charge in [0, 0.05) is 11.8 Å². The Bertz CT molecular complexity index is 549. The topological polar surface area (TPSA) is 43.8 Å². The van der Waals surface area contributed by atoms with Gasteiger partial charge in [-0.1, -0.05) is 0 Å². The van der Waals surface area contributed by atoms with Gasteiger partial charge in [-0.05, 0) is 44.0 Å². The fourth-order valence-electron chi connectivity index (χ4n) is 1.88. The summed E-state index contributed by atoms with van der Waals surface area (Å²) in [5.41, 5.74) is 7.60. The van der Waals surface area contributed by atoms with Crippen molar-refractivity contribution >= 4 is 0 Å². The Morgan fingerprint density at radius 2 is 2.11 bits per heavy atom. The SMILES string of the molecule is Cc1c(CCCN)cnn1-c1ccc(F)cc1F. The van der Waals surface area contributed by atoms with E-state index in [-0.39, 0.29) is 5.69 Å². The van der Waals surface area contributed by atoms with E-state index < -0.39 is 11.6 Å². The van der Waals surface area contributed by atoms with Crippen LogP contribution < -0.4 is 5.73 Å². The normalized spacial score (nSPS) is 10.9. The van der Waals surface area contributed by atoms with Gasteiger partial charge in [-0.2, -0.15) is 5.10 Å². The Morgan fingerprint density at radius 1 is 1.33 bits per heavy atom. The zero-order valence-corrected chi connectivity index (χ0v) is 10.2. The van der Waals surface area contributed by atoms with Gasteiger partial charge < -0.3 is 5.73 Å². The van der Waals surface area contributed by atoms with Gasteiger partial charge in [-0.15, -0.1) is 0 Å². The van der Waals surface area contributed by atoms with Gasteiger partial charge >= 0.3 is 0 Å². The van der Waals surface area contributed by atoms with E-state index in [1.165, 1.54) is 16.8 Å². The molecule has 5 heteroatoms. The molecule has 2 rings (SSSR count). The zero-order chi connectivity index (χ0) is 13.1. The first kappa shape index (κ1) is 12.7. The first-order valence-corrected chi connectivity index (χ1v) is 5.82. The lowest BCUT2D eigenvalue weighted by Gasteiger charge is -2.06. The summed E-state index contributed by atoms with van der Waals surface area (Å²) in [7, 11) is 0. The minimum absolute atomic E-state index is 0.257. The minimum atomic E-state index is -0.619. The van der Waals surface area contributed by atoms with Crippen molar-refractivity contribution in [1.29, 1.82) is 0 Å². The van der Waals surface area contributed by atoms with E-state index in [1.54, 1.807) is 6.20 Å². The van der Waals surface area contributed by atoms with Crippen LogP contribution in [0.1, 0.15) is 17.7 Å². The van der Waals surface area contributed by atoms with Crippen molar-refractivity contribution in [3.05, 3.63) is 47.3 Å². The maximum Gasteiger partial charge on any atom is 0.151 e. The largest absolute Gasteiger partial charge is 0.330 e. The standard InChI is InChI=1S/C13H15F2N3/c1-9-10(3-2-6-16)8-17-18(9)13-5-4-11(14)7-12(13)15/h4-5,7-8H,2-3,6,16H2,1H3. The molecule has 0 fully saturated rings. The molecule has 0 spiro atoms. The summed E-state index contributed by atoms with van der Waals surface area (Å²) in [5.74, 6) is -1.21. The van der Waals surface area contributed by atoms with E-state index in [9.17, 15) is 8.78 Å². The van der Waals surface area contributed by atoms with Crippen LogP contribution in [-0.4, -0.2) is 16.3 Å². The molecule has 1 aromatic carbocycles. The van der Waals surface area contributed by atoms with Crippen molar-refractivity contribution in [2.75, 3.05) is 6.54 Å². The molecule has 0 aliphatic rings. The molecule has 1 aromatic heterocycles. The van der Waals surface area contributed by atoms with E-state index in [4.69, 9.17) is 5.73 Å². The molecule has 0 saturated carbocycles. The summed E-state index contributed by atoms with van der Waals surface area (Å²) in [5, 5.41) is 4.14. The third-order valence-electron chi connectivity index (χ3n) is 2.90. The number of nitrogens with zero attached hydrogens (tertiary/aromatic N) is 2. The van der Waals surface area contributed by atoms with E-state index in [0.29, 0.717) is 6.54 Å². The molecular formula is C13H15F2N3. The average Bonchev–Trinajstić information content (AvgIpc) is 2.68. The monoisotopic (exact) mass is 251 g/mol. The summed E-state index contributed by atoms with van der Waals surface area (Å²) in [4.78, 5) is 0. The molecule has 2 N–H and O–H groups in total. The maximum atomic E-state index is 13.7. The molecule has 0 unspecified atom stereocenters. The molecule has 0 amide bonds. The molecular weight excluding hydrogens is 236 g/mol. The van der Waals surface area contributed by atoms with Crippen LogP contribution in [0.3, 0.4) is 0 Å². The maximum absolute atomic E-state index is 13.7. The number of hydrogen-bond acceptors (Lipinski definition) is 2. The molecule has 2 aromatic rings. The van der Waals surface area contributed by atoms with Gasteiger partial charge in [0.05, 0.1) is 6.20 Å². The van der Waals surface area contributed by atoms with Crippen LogP contribution in [0.15, 0.2) is 24.4 Å². The van der Waals surface area contributed by atoms with Crippen molar-refractivity contribution in [2.24, 2.45) is 5.73 Å². The van der Waals surface area contributed by atoms with Gasteiger partial charge in [-0.3, -0.25) is 0 Å². The summed E-state index contributed by atoms with van der Waals surface area (Å²) in [6, 6.07) is 3.46. The van der Waals surface area contributed by atoms with Crippen molar-refractivity contribution in [3.8, 4) is 5.69 Å². The molecule has 0 aliphatic carbocycles. The second kappa shape index (κ2) is 5.27. The summed E-state index contributed by atoms with van der Waals surface area (Å²) in [6.45, 7) is 2.47. The molecule has 0 saturated heterocycles. The predicted molar refractivity (Wildman–Crippen MR) is 65.6 cm³/mol. The second-order valence-corrected chi connectivity index (χ2v) is 4.15. The Balaban J connectivity index is 2.36. The van der Waals surface area contributed by atoms with Gasteiger partial charge in [0.25, 0.3) is 0 Å². The van der Waals surface area contributed by atoms with E-state index >= 15 is 0 Å². The fraction of sp³-hybridized carbons (Fsp3) is 0.308. The fourth-order valence-corrected chi connectivity index (χ4v) is 1.88. The van der Waals surface area contributed by atoms with Crippen molar-refractivity contribution in [3.63, 3.8) is 0 Å². The Labute approximate surface area is 104 Å². The third-order valence-corrected chi connectivity index (χ3v) is 2.90. The average molecular weight is 251 g/mol. The highest BCUT2D eigenvalue weighted by molar-refractivity contribution is 5.36. The second-order valence-electron chi connectivity index (χ2n) is 4.15. The first-order valence-electron chi connectivity index (χ1n) is 5.82. The molecule has 18 heavy (non-hydrogen) atoms. The Kier molecular flexibility index (Phi) is 3.72. The van der Waals surface area contributed by atoms with Crippen LogP contribution in [0.2, 0.25) is 0 Å². The van der Waals surface area contributed by atoms with Crippen LogP contribution in [0, 0.1) is 18.6 Å². The number of hydrogen-bond donors (Lipinski definition) is 1. The smallest absolute Gasteiger partial charge is 0.151 e. The predicted octanol–water partition coefficient (Wildman–Crippen LogP) is 2.35. The van der Waals surface area contributed by atoms with Gasteiger partial charge in [-0.25, -0.2) is 13.5 Å². The molecule has 0 bridgehead atoms. The number of benzene rings is 1. The molecule has 3 nitrogen and oxygen atoms in total. The van der Waals surface area contributed by atoms with E-state index in [2.05, 4.69) is 5.10 Å². The number of halogens is 2. The highest BCUT2D eigenvalue weighted by atomic mass is 19.1. The number of aromatic nitrogens is 2. The minimum Gasteiger partial charge on any atom is -0.330 e. The Morgan fingerprint density at radius 3 is 2.78 bits per heavy atom. The van der Waals surface area contributed by atoms with Crippen LogP contribution in [-0.2, 0) is 6.42 Å². The van der Waals surface area contributed by atoms with E-state index in [0.717, 1.165) is 30.2 Å². The van der Waals surface area contributed by atoms with Crippen LogP contribution in [0.5, 0.6) is 0 Å². The molecule has 0 atom stereocenters. The quantitative estimate of drug-likeness (QED) is 0.906. The third kappa shape index (κ3) is 2.41. The van der Waals surface area contributed by atoms with Crippen molar-refractivity contribution in [2.45, 2.75) is 19.8 Å². The number of nitrogens with two attached hydrogens (primary N) is 1. The summed E-state index contributed by atoms with van der Waals surface area (Å²) >= 11 is 0. The first-order chi connectivity index (χ1) is 8.63. The molecule has 96 valence electrons. The van der Waals surface area contributed by atoms with Crippen LogP contribution >= 0.6 is 0 Å². The molecule has 1 heterocycles. The lowest BCUT2D eigenvalue weighted by atomic mass is 10.1. The molecule has 0 aliphatic heterocycles. The van der Waals surface area contributed by atoms with Crippen LogP contribution in [0.25, 0.3) is 5.69 Å². The number of aryl methyl sites for hydroxylation is 1. The van der Waals surface area contributed by atoms with Gasteiger partial charge in [0.15, 0.2) is 5.82 Å².